The van der Waals surface area contributed by atoms with Crippen LogP contribution in [0.3, 0.4) is 0 Å². The molecule has 0 spiro atoms. The highest BCUT2D eigenvalue weighted by Crippen LogP contribution is 2.25. The van der Waals surface area contributed by atoms with Gasteiger partial charge in [0.2, 0.25) is 0 Å². The monoisotopic (exact) mass is 352 g/mol. The first kappa shape index (κ1) is 17.9. The first-order valence-corrected chi connectivity index (χ1v) is 8.58. The first-order chi connectivity index (χ1) is 12.5. The Morgan fingerprint density at radius 3 is 2.73 bits per heavy atom. The van der Waals surface area contributed by atoms with E-state index in [0.29, 0.717) is 12.2 Å². The minimum atomic E-state index is -0.143. The standard InChI is InChI=1S/C20H24N4O2/c1-13-5-7-17-16(12-21-23-17)19(13)20(25)22-15-6-8-18(14(2)11-15)26-10-9-24(3)4/h5-8,11-12H,9-10H2,1-4H3,(H,21,23)(H,22,25). The fourth-order valence-corrected chi connectivity index (χ4v) is 2.85. The maximum atomic E-state index is 12.8. The van der Waals surface area contributed by atoms with Gasteiger partial charge in [0.25, 0.3) is 5.91 Å². The second kappa shape index (κ2) is 7.58. The van der Waals surface area contributed by atoms with E-state index in [1.807, 2.05) is 58.3 Å². The lowest BCUT2D eigenvalue weighted by Crippen LogP contribution is -2.19. The van der Waals surface area contributed by atoms with Crippen molar-refractivity contribution in [3.05, 3.63) is 53.2 Å². The van der Waals surface area contributed by atoms with E-state index in [1.54, 1.807) is 6.20 Å². The molecule has 0 bridgehead atoms. The maximum Gasteiger partial charge on any atom is 0.256 e. The number of amides is 1. The van der Waals surface area contributed by atoms with Gasteiger partial charge in [0.15, 0.2) is 0 Å². The molecule has 2 N–H and O–H groups in total. The second-order valence-electron chi connectivity index (χ2n) is 6.67. The molecule has 0 unspecified atom stereocenters. The molecule has 0 atom stereocenters. The number of carbonyl (C=O) groups excluding carboxylic acids is 1. The zero-order valence-electron chi connectivity index (χ0n) is 15.6. The molecule has 0 fully saturated rings. The molecule has 2 aromatic carbocycles. The molecule has 6 nitrogen and oxygen atoms in total. The quantitative estimate of drug-likeness (QED) is 0.713. The van der Waals surface area contributed by atoms with Crippen LogP contribution in [0.15, 0.2) is 36.5 Å². The molecule has 6 heteroatoms. The van der Waals surface area contributed by atoms with Crippen LogP contribution >= 0.6 is 0 Å². The van der Waals surface area contributed by atoms with Crippen molar-refractivity contribution in [1.82, 2.24) is 15.1 Å². The highest BCUT2D eigenvalue weighted by molar-refractivity contribution is 6.13. The van der Waals surface area contributed by atoms with Crippen LogP contribution in [-0.4, -0.2) is 48.3 Å². The smallest absolute Gasteiger partial charge is 0.256 e. The first-order valence-electron chi connectivity index (χ1n) is 8.58. The molecule has 3 aromatic rings. The molecule has 136 valence electrons. The lowest BCUT2D eigenvalue weighted by atomic mass is 10.0. The number of likely N-dealkylation sites (N-methyl/N-ethyl adjacent to an activating group) is 1. The molecule has 0 aliphatic carbocycles. The van der Waals surface area contributed by atoms with Gasteiger partial charge in [-0.15, -0.1) is 0 Å². The Labute approximate surface area is 153 Å². The Hall–Kier alpha value is -2.86. The molecule has 0 radical (unpaired) electrons. The summed E-state index contributed by atoms with van der Waals surface area (Å²) >= 11 is 0. The molecule has 0 aliphatic rings. The fourth-order valence-electron chi connectivity index (χ4n) is 2.85. The number of ether oxygens (including phenoxy) is 1. The summed E-state index contributed by atoms with van der Waals surface area (Å²) < 4.78 is 5.79. The summed E-state index contributed by atoms with van der Waals surface area (Å²) in [6, 6.07) is 9.53. The fraction of sp³-hybridized carbons (Fsp3) is 0.300. The number of aryl methyl sites for hydroxylation is 2. The second-order valence-corrected chi connectivity index (χ2v) is 6.67. The van der Waals surface area contributed by atoms with Crippen LogP contribution < -0.4 is 10.1 Å². The van der Waals surface area contributed by atoms with E-state index in [4.69, 9.17) is 4.74 Å². The topological polar surface area (TPSA) is 70.2 Å². The van der Waals surface area contributed by atoms with E-state index in [0.717, 1.165) is 40.0 Å². The number of carbonyl (C=O) groups is 1. The predicted octanol–water partition coefficient (Wildman–Crippen LogP) is 3.37. The van der Waals surface area contributed by atoms with Crippen LogP contribution in [-0.2, 0) is 0 Å². The molecule has 0 saturated carbocycles. The molecule has 26 heavy (non-hydrogen) atoms. The van der Waals surface area contributed by atoms with Gasteiger partial charge in [-0.2, -0.15) is 5.10 Å². The minimum Gasteiger partial charge on any atom is -0.492 e. The van der Waals surface area contributed by atoms with Crippen molar-refractivity contribution in [1.29, 1.82) is 0 Å². The van der Waals surface area contributed by atoms with Crippen molar-refractivity contribution in [2.24, 2.45) is 0 Å². The number of aromatic nitrogens is 2. The Morgan fingerprint density at radius 1 is 1.19 bits per heavy atom. The van der Waals surface area contributed by atoms with Crippen molar-refractivity contribution >= 4 is 22.5 Å². The van der Waals surface area contributed by atoms with Crippen LogP contribution in [0, 0.1) is 13.8 Å². The number of H-pyrrole nitrogens is 1. The largest absolute Gasteiger partial charge is 0.492 e. The van der Waals surface area contributed by atoms with Crippen molar-refractivity contribution in [2.75, 3.05) is 32.6 Å². The summed E-state index contributed by atoms with van der Waals surface area (Å²) in [5.41, 5.74) is 4.13. The molecule has 0 aliphatic heterocycles. The maximum absolute atomic E-state index is 12.8. The van der Waals surface area contributed by atoms with Gasteiger partial charge in [-0.05, 0) is 63.3 Å². The Balaban J connectivity index is 1.76. The van der Waals surface area contributed by atoms with Crippen LogP contribution in [0.25, 0.3) is 10.9 Å². The van der Waals surface area contributed by atoms with Crippen molar-refractivity contribution in [2.45, 2.75) is 13.8 Å². The SMILES string of the molecule is Cc1cc(NC(=O)c2c(C)ccc3[nH]ncc23)ccc1OCCN(C)C. The Morgan fingerprint density at radius 2 is 2.00 bits per heavy atom. The van der Waals surface area contributed by atoms with E-state index < -0.39 is 0 Å². The molecule has 1 amide bonds. The number of nitrogens with zero attached hydrogens (tertiary/aromatic N) is 2. The normalized spacial score (nSPS) is 11.1. The molecule has 3 rings (SSSR count). The number of benzene rings is 2. The van der Waals surface area contributed by atoms with Crippen molar-refractivity contribution in [3.8, 4) is 5.75 Å². The summed E-state index contributed by atoms with van der Waals surface area (Å²) in [7, 11) is 4.02. The molecule has 1 heterocycles. The average molecular weight is 352 g/mol. The number of rotatable bonds is 6. The predicted molar refractivity (Wildman–Crippen MR) is 104 cm³/mol. The average Bonchev–Trinajstić information content (AvgIpc) is 3.04. The number of fused-ring (bicyclic) bond motifs is 1. The van der Waals surface area contributed by atoms with Crippen LogP contribution in [0.1, 0.15) is 21.5 Å². The third-order valence-corrected chi connectivity index (χ3v) is 4.29. The number of nitrogens with one attached hydrogen (secondary N) is 2. The van der Waals surface area contributed by atoms with Gasteiger partial charge in [-0.1, -0.05) is 6.07 Å². The zero-order valence-corrected chi connectivity index (χ0v) is 15.6. The number of anilines is 1. The van der Waals surface area contributed by atoms with Gasteiger partial charge in [0, 0.05) is 17.6 Å². The lowest BCUT2D eigenvalue weighted by molar-refractivity contribution is 0.102. The highest BCUT2D eigenvalue weighted by Gasteiger charge is 2.15. The van der Waals surface area contributed by atoms with Gasteiger partial charge in [-0.25, -0.2) is 0 Å². The summed E-state index contributed by atoms with van der Waals surface area (Å²) in [4.78, 5) is 14.9. The van der Waals surface area contributed by atoms with Gasteiger partial charge in [0.1, 0.15) is 12.4 Å². The van der Waals surface area contributed by atoms with Gasteiger partial charge in [-0.3, -0.25) is 9.89 Å². The molecule has 0 saturated heterocycles. The van der Waals surface area contributed by atoms with Crippen molar-refractivity contribution in [3.63, 3.8) is 0 Å². The molecular formula is C20H24N4O2. The van der Waals surface area contributed by atoms with E-state index in [-0.39, 0.29) is 5.91 Å². The lowest BCUT2D eigenvalue weighted by Gasteiger charge is -2.14. The molecule has 1 aromatic heterocycles. The minimum absolute atomic E-state index is 0.143. The van der Waals surface area contributed by atoms with E-state index >= 15 is 0 Å². The summed E-state index contributed by atoms with van der Waals surface area (Å²) in [5, 5.41) is 10.7. The third-order valence-electron chi connectivity index (χ3n) is 4.29. The Bertz CT molecular complexity index is 931. The Kier molecular flexibility index (Phi) is 5.23. The number of aromatic amines is 1. The third kappa shape index (κ3) is 3.86. The molecular weight excluding hydrogens is 328 g/mol. The van der Waals surface area contributed by atoms with Crippen LogP contribution in [0.2, 0.25) is 0 Å². The number of hydrogen-bond acceptors (Lipinski definition) is 4. The number of hydrogen-bond donors (Lipinski definition) is 2. The summed E-state index contributed by atoms with van der Waals surface area (Å²) in [6.07, 6.45) is 1.68. The van der Waals surface area contributed by atoms with Crippen molar-refractivity contribution < 1.29 is 9.53 Å². The van der Waals surface area contributed by atoms with Gasteiger partial charge >= 0.3 is 0 Å². The van der Waals surface area contributed by atoms with E-state index in [9.17, 15) is 4.79 Å². The van der Waals surface area contributed by atoms with Crippen LogP contribution in [0.4, 0.5) is 5.69 Å². The zero-order chi connectivity index (χ0) is 18.7. The van der Waals surface area contributed by atoms with Crippen LogP contribution in [0.5, 0.6) is 5.75 Å². The van der Waals surface area contributed by atoms with Gasteiger partial charge < -0.3 is 15.0 Å². The summed E-state index contributed by atoms with van der Waals surface area (Å²) in [6.45, 7) is 5.38. The van der Waals surface area contributed by atoms with E-state index in [2.05, 4.69) is 20.4 Å². The van der Waals surface area contributed by atoms with E-state index in [1.165, 1.54) is 0 Å². The highest BCUT2D eigenvalue weighted by atomic mass is 16.5. The van der Waals surface area contributed by atoms with Gasteiger partial charge in [0.05, 0.1) is 17.3 Å². The summed E-state index contributed by atoms with van der Waals surface area (Å²) in [5.74, 6) is 0.688.